The van der Waals surface area contributed by atoms with Crippen molar-refractivity contribution in [3.05, 3.63) is 52.5 Å². The molecule has 0 fully saturated rings. The van der Waals surface area contributed by atoms with Crippen LogP contribution in [0.5, 0.6) is 0 Å². The van der Waals surface area contributed by atoms with E-state index in [0.717, 1.165) is 16.8 Å². The largest absolute Gasteiger partial charge is 0.481 e. The van der Waals surface area contributed by atoms with Gasteiger partial charge in [0, 0.05) is 35.3 Å². The van der Waals surface area contributed by atoms with Gasteiger partial charge in [0.15, 0.2) is 0 Å². The first-order valence-electron chi connectivity index (χ1n) is 6.62. The molecular formula is C15H16N2O3S. The number of rotatable bonds is 8. The molecule has 5 nitrogen and oxygen atoms in total. The van der Waals surface area contributed by atoms with Crippen LogP contribution in [-0.2, 0) is 9.63 Å². The van der Waals surface area contributed by atoms with E-state index in [1.807, 2.05) is 29.0 Å². The van der Waals surface area contributed by atoms with Crippen molar-refractivity contribution >= 4 is 23.0 Å². The average molecular weight is 304 g/mol. The Morgan fingerprint density at radius 1 is 1.33 bits per heavy atom. The van der Waals surface area contributed by atoms with Gasteiger partial charge < -0.3 is 9.94 Å². The van der Waals surface area contributed by atoms with Gasteiger partial charge in [0.25, 0.3) is 0 Å². The Morgan fingerprint density at radius 3 is 2.90 bits per heavy atom. The van der Waals surface area contributed by atoms with Gasteiger partial charge in [0.1, 0.15) is 12.3 Å². The molecule has 2 rings (SSSR count). The number of oxime groups is 1. The van der Waals surface area contributed by atoms with Crippen LogP contribution in [0, 0.1) is 0 Å². The molecule has 0 atom stereocenters. The molecule has 21 heavy (non-hydrogen) atoms. The molecule has 110 valence electrons. The van der Waals surface area contributed by atoms with E-state index in [2.05, 4.69) is 10.1 Å². The molecule has 0 saturated heterocycles. The van der Waals surface area contributed by atoms with Gasteiger partial charge in [-0.2, -0.15) is 11.3 Å². The molecule has 2 aromatic heterocycles. The number of carboxylic acid groups (broad SMARTS) is 1. The summed E-state index contributed by atoms with van der Waals surface area (Å²) in [5.41, 5.74) is 2.61. The SMILES string of the molecule is O=C(O)CCCCON=C(c1cccnc1)c1ccsc1. The summed E-state index contributed by atoms with van der Waals surface area (Å²) in [4.78, 5) is 19.8. The number of unbranched alkanes of at least 4 members (excludes halogenated alkanes) is 1. The quantitative estimate of drug-likeness (QED) is 0.462. The highest BCUT2D eigenvalue weighted by molar-refractivity contribution is 7.08. The summed E-state index contributed by atoms with van der Waals surface area (Å²) in [5.74, 6) is -0.784. The van der Waals surface area contributed by atoms with Gasteiger partial charge in [-0.3, -0.25) is 9.78 Å². The van der Waals surface area contributed by atoms with Crippen LogP contribution in [0.25, 0.3) is 0 Å². The number of carbonyl (C=O) groups is 1. The van der Waals surface area contributed by atoms with Crippen LogP contribution in [0.2, 0.25) is 0 Å². The molecule has 6 heteroatoms. The van der Waals surface area contributed by atoms with E-state index in [1.54, 1.807) is 23.7 Å². The summed E-state index contributed by atoms with van der Waals surface area (Å²) in [6, 6.07) is 5.76. The Balaban J connectivity index is 1.97. The van der Waals surface area contributed by atoms with Crippen LogP contribution in [0.1, 0.15) is 30.4 Å². The highest BCUT2D eigenvalue weighted by Gasteiger charge is 2.08. The number of thiophene rings is 1. The lowest BCUT2D eigenvalue weighted by Crippen LogP contribution is -2.04. The lowest BCUT2D eigenvalue weighted by atomic mass is 10.1. The monoisotopic (exact) mass is 304 g/mol. The highest BCUT2D eigenvalue weighted by Crippen LogP contribution is 2.14. The zero-order chi connectivity index (χ0) is 14.9. The summed E-state index contributed by atoms with van der Waals surface area (Å²) in [6.45, 7) is 0.404. The molecule has 0 spiro atoms. The van der Waals surface area contributed by atoms with Crippen molar-refractivity contribution in [2.45, 2.75) is 19.3 Å². The van der Waals surface area contributed by atoms with E-state index < -0.39 is 5.97 Å². The number of hydrogen-bond donors (Lipinski definition) is 1. The second-order valence-corrected chi connectivity index (χ2v) is 5.16. The molecule has 0 aromatic carbocycles. The smallest absolute Gasteiger partial charge is 0.303 e. The van der Waals surface area contributed by atoms with Gasteiger partial charge >= 0.3 is 5.97 Å². The summed E-state index contributed by atoms with van der Waals surface area (Å²) in [5, 5.41) is 16.7. The van der Waals surface area contributed by atoms with Crippen molar-refractivity contribution in [1.29, 1.82) is 0 Å². The summed E-state index contributed by atoms with van der Waals surface area (Å²) in [7, 11) is 0. The third kappa shape index (κ3) is 5.00. The van der Waals surface area contributed by atoms with E-state index >= 15 is 0 Å². The van der Waals surface area contributed by atoms with Crippen molar-refractivity contribution < 1.29 is 14.7 Å². The Labute approximate surface area is 126 Å². The molecule has 0 aliphatic rings. The Bertz CT molecular complexity index is 582. The molecule has 1 N–H and O–H groups in total. The van der Waals surface area contributed by atoms with E-state index in [9.17, 15) is 4.79 Å². The van der Waals surface area contributed by atoms with E-state index in [0.29, 0.717) is 19.4 Å². The van der Waals surface area contributed by atoms with Gasteiger partial charge in [-0.15, -0.1) is 0 Å². The first-order chi connectivity index (χ1) is 10.3. The van der Waals surface area contributed by atoms with Gasteiger partial charge in [-0.25, -0.2) is 0 Å². The maximum absolute atomic E-state index is 10.4. The molecule has 0 radical (unpaired) electrons. The van der Waals surface area contributed by atoms with Crippen LogP contribution < -0.4 is 0 Å². The van der Waals surface area contributed by atoms with E-state index in [-0.39, 0.29) is 6.42 Å². The molecule has 0 bridgehead atoms. The predicted octanol–water partition coefficient (Wildman–Crippen LogP) is 3.17. The van der Waals surface area contributed by atoms with Crippen molar-refractivity contribution in [3.8, 4) is 0 Å². The van der Waals surface area contributed by atoms with E-state index in [4.69, 9.17) is 9.94 Å². The van der Waals surface area contributed by atoms with Crippen LogP contribution in [0.3, 0.4) is 0 Å². The molecule has 0 saturated carbocycles. The van der Waals surface area contributed by atoms with Gasteiger partial charge in [-0.05, 0) is 36.4 Å². The molecule has 0 aliphatic carbocycles. The van der Waals surface area contributed by atoms with Crippen molar-refractivity contribution in [1.82, 2.24) is 4.98 Å². The first kappa shape index (κ1) is 15.2. The van der Waals surface area contributed by atoms with Crippen LogP contribution >= 0.6 is 11.3 Å². The van der Waals surface area contributed by atoms with Gasteiger partial charge in [0.2, 0.25) is 0 Å². The van der Waals surface area contributed by atoms with Crippen molar-refractivity contribution in [2.75, 3.05) is 6.61 Å². The number of aliphatic carboxylic acids is 1. The summed E-state index contributed by atoms with van der Waals surface area (Å²) >= 11 is 1.59. The fraction of sp³-hybridized carbons (Fsp3) is 0.267. The zero-order valence-corrected chi connectivity index (χ0v) is 12.3. The van der Waals surface area contributed by atoms with E-state index in [1.165, 1.54) is 0 Å². The Kier molecular flexibility index (Phi) is 5.90. The first-order valence-corrected chi connectivity index (χ1v) is 7.56. The molecule has 0 unspecified atom stereocenters. The summed E-state index contributed by atoms with van der Waals surface area (Å²) < 4.78 is 0. The van der Waals surface area contributed by atoms with Crippen LogP contribution in [0.4, 0.5) is 0 Å². The van der Waals surface area contributed by atoms with Crippen molar-refractivity contribution in [3.63, 3.8) is 0 Å². The number of pyridine rings is 1. The number of aromatic nitrogens is 1. The minimum atomic E-state index is -0.784. The average Bonchev–Trinajstić information content (AvgIpc) is 3.01. The third-order valence-corrected chi connectivity index (χ3v) is 3.44. The number of hydrogen-bond acceptors (Lipinski definition) is 5. The highest BCUT2D eigenvalue weighted by atomic mass is 32.1. The lowest BCUT2D eigenvalue weighted by molar-refractivity contribution is -0.137. The molecule has 0 aliphatic heterocycles. The topological polar surface area (TPSA) is 71.8 Å². The predicted molar refractivity (Wildman–Crippen MR) is 81.6 cm³/mol. The standard InChI is InChI=1S/C15H16N2O3S/c18-14(19)5-1-2-8-20-17-15(13-6-9-21-11-13)12-4-3-7-16-10-12/h3-4,6-7,9-11H,1-2,5,8H2,(H,18,19). The van der Waals surface area contributed by atoms with Gasteiger partial charge in [0.05, 0.1) is 0 Å². The maximum atomic E-state index is 10.4. The molecule has 2 heterocycles. The zero-order valence-electron chi connectivity index (χ0n) is 11.4. The minimum Gasteiger partial charge on any atom is -0.481 e. The fourth-order valence-corrected chi connectivity index (χ4v) is 2.37. The van der Waals surface area contributed by atoms with Crippen LogP contribution in [-0.4, -0.2) is 28.4 Å². The lowest BCUT2D eigenvalue weighted by Gasteiger charge is -2.05. The number of nitrogens with zero attached hydrogens (tertiary/aromatic N) is 2. The van der Waals surface area contributed by atoms with Crippen LogP contribution in [0.15, 0.2) is 46.5 Å². The molecular weight excluding hydrogens is 288 g/mol. The number of carboxylic acids is 1. The molecule has 0 amide bonds. The second kappa shape index (κ2) is 8.16. The van der Waals surface area contributed by atoms with Crippen molar-refractivity contribution in [2.24, 2.45) is 5.16 Å². The fourth-order valence-electron chi connectivity index (χ4n) is 1.73. The summed E-state index contributed by atoms with van der Waals surface area (Å²) in [6.07, 6.45) is 4.87. The Hall–Kier alpha value is -2.21. The van der Waals surface area contributed by atoms with Gasteiger partial charge in [-0.1, -0.05) is 5.16 Å². The Morgan fingerprint density at radius 2 is 2.24 bits per heavy atom. The third-order valence-electron chi connectivity index (χ3n) is 2.76. The minimum absolute atomic E-state index is 0.160. The molecule has 2 aromatic rings. The second-order valence-electron chi connectivity index (χ2n) is 4.38. The maximum Gasteiger partial charge on any atom is 0.303 e. The normalized spacial score (nSPS) is 11.3.